The molecular weight excluding hydrogens is 567 g/mol. The molecule has 8 nitrogen and oxygen atoms in total. The van der Waals surface area contributed by atoms with Crippen LogP contribution in [0.15, 0.2) is 78.2 Å². The number of nitrogens with one attached hydrogen (secondary N) is 2. The first-order valence-corrected chi connectivity index (χ1v) is 12.4. The lowest BCUT2D eigenvalue weighted by Gasteiger charge is -2.20. The van der Waals surface area contributed by atoms with Crippen molar-refractivity contribution in [1.82, 2.24) is 20.2 Å². The van der Waals surface area contributed by atoms with E-state index in [4.69, 9.17) is 17.0 Å². The van der Waals surface area contributed by atoms with Crippen molar-refractivity contribution in [3.8, 4) is 28.6 Å². The highest BCUT2D eigenvalue weighted by Crippen LogP contribution is 2.37. The first-order valence-electron chi connectivity index (χ1n) is 12.0. The molecule has 4 aromatic rings. The van der Waals surface area contributed by atoms with Crippen molar-refractivity contribution in [3.63, 3.8) is 0 Å². The maximum Gasteiger partial charge on any atom is 0.499 e. The fraction of sp³-hybridized carbons (Fsp3) is 0.185. The second-order valence-electron chi connectivity index (χ2n) is 8.45. The number of hydrogen-bond acceptors (Lipinski definition) is 6. The third-order valence-corrected chi connectivity index (χ3v) is 5.85. The van der Waals surface area contributed by atoms with Gasteiger partial charge in [0.1, 0.15) is 17.8 Å². The van der Waals surface area contributed by atoms with Gasteiger partial charge in [-0.3, -0.25) is 5.43 Å². The van der Waals surface area contributed by atoms with Crippen molar-refractivity contribution >= 4 is 29.2 Å². The van der Waals surface area contributed by atoms with Gasteiger partial charge in [0.15, 0.2) is 10.9 Å². The van der Waals surface area contributed by atoms with Gasteiger partial charge in [0.05, 0.1) is 19.0 Å². The van der Waals surface area contributed by atoms with E-state index in [0.29, 0.717) is 22.2 Å². The quantitative estimate of drug-likeness (QED) is 0.102. The number of alkyl halides is 5. The highest BCUT2D eigenvalue weighted by molar-refractivity contribution is 7.80. The topological polar surface area (TPSA) is 85.6 Å². The Morgan fingerprint density at radius 3 is 2.32 bits per heavy atom. The maximum atomic E-state index is 13.1. The van der Waals surface area contributed by atoms with Gasteiger partial charge in [0.2, 0.25) is 0 Å². The van der Waals surface area contributed by atoms with Crippen molar-refractivity contribution in [1.29, 1.82) is 0 Å². The molecule has 0 amide bonds. The number of rotatable bonds is 9. The fourth-order valence-electron chi connectivity index (χ4n) is 3.54. The van der Waals surface area contributed by atoms with Crippen LogP contribution in [0.5, 0.6) is 11.5 Å². The summed E-state index contributed by atoms with van der Waals surface area (Å²) in [6.07, 6.45) is -7.37. The monoisotopic (exact) mass is 590 g/mol. The summed E-state index contributed by atoms with van der Waals surface area (Å²) in [4.78, 5) is 4.23. The standard InChI is InChI=1S/C27H23F5N6O2S/c1-3-18-14-22(39-2)12-13-23(18)35-25(41)36-34-15-17-4-6-19(7-5-17)24-33-16-38(37-24)20-8-10-21(11-9-20)40-27(31,32)26(28,29)30/h4-16H,3H2,1-2H3,(H2,35,36,41)/b34-15+. The minimum Gasteiger partial charge on any atom is -0.497 e. The molecule has 14 heteroatoms. The van der Waals surface area contributed by atoms with Gasteiger partial charge < -0.3 is 14.8 Å². The Morgan fingerprint density at radius 2 is 1.68 bits per heavy atom. The van der Waals surface area contributed by atoms with Gasteiger partial charge in [0, 0.05) is 11.3 Å². The zero-order valence-electron chi connectivity index (χ0n) is 21.6. The highest BCUT2D eigenvalue weighted by atomic mass is 32.1. The summed E-state index contributed by atoms with van der Waals surface area (Å²) in [6.45, 7) is 2.03. The van der Waals surface area contributed by atoms with Gasteiger partial charge in [-0.2, -0.15) is 27.1 Å². The molecule has 0 aliphatic carbocycles. The number of hydrogen-bond donors (Lipinski definition) is 2. The smallest absolute Gasteiger partial charge is 0.497 e. The zero-order chi connectivity index (χ0) is 29.6. The van der Waals surface area contributed by atoms with Crippen LogP contribution >= 0.6 is 12.2 Å². The highest BCUT2D eigenvalue weighted by Gasteiger charge is 2.61. The lowest BCUT2D eigenvalue weighted by atomic mass is 10.1. The van der Waals surface area contributed by atoms with E-state index in [0.717, 1.165) is 41.1 Å². The largest absolute Gasteiger partial charge is 0.499 e. The van der Waals surface area contributed by atoms with E-state index >= 15 is 0 Å². The van der Waals surface area contributed by atoms with Gasteiger partial charge in [0.25, 0.3) is 0 Å². The molecule has 214 valence electrons. The summed E-state index contributed by atoms with van der Waals surface area (Å²) >= 11 is 5.32. The minimum atomic E-state index is -5.83. The molecule has 1 aromatic heterocycles. The number of nitrogens with zero attached hydrogens (tertiary/aromatic N) is 4. The molecule has 0 saturated carbocycles. The lowest BCUT2D eigenvalue weighted by Crippen LogP contribution is -2.41. The van der Waals surface area contributed by atoms with Crippen LogP contribution in [-0.2, 0) is 6.42 Å². The van der Waals surface area contributed by atoms with Crippen molar-refractivity contribution in [2.45, 2.75) is 25.6 Å². The summed E-state index contributed by atoms with van der Waals surface area (Å²) in [5.74, 6) is 0.481. The molecule has 0 unspecified atom stereocenters. The van der Waals surface area contributed by atoms with Gasteiger partial charge in [-0.1, -0.05) is 31.2 Å². The second kappa shape index (κ2) is 12.3. The van der Waals surface area contributed by atoms with E-state index in [1.54, 1.807) is 37.6 Å². The number of benzene rings is 3. The average Bonchev–Trinajstić information content (AvgIpc) is 3.43. The van der Waals surface area contributed by atoms with Crippen LogP contribution in [0.4, 0.5) is 27.6 Å². The molecule has 0 spiro atoms. The van der Waals surface area contributed by atoms with Gasteiger partial charge in [-0.25, -0.2) is 9.67 Å². The van der Waals surface area contributed by atoms with Crippen molar-refractivity contribution in [2.24, 2.45) is 5.10 Å². The number of aryl methyl sites for hydroxylation is 1. The molecule has 41 heavy (non-hydrogen) atoms. The Kier molecular flexibility index (Phi) is 8.81. The molecule has 0 saturated heterocycles. The molecule has 3 aromatic carbocycles. The number of halogens is 5. The molecule has 0 atom stereocenters. The van der Waals surface area contributed by atoms with E-state index in [9.17, 15) is 22.0 Å². The van der Waals surface area contributed by atoms with Crippen LogP contribution in [-0.4, -0.2) is 45.5 Å². The predicted molar refractivity (Wildman–Crippen MR) is 148 cm³/mol. The number of aromatic nitrogens is 3. The number of ether oxygens (including phenoxy) is 2. The third-order valence-electron chi connectivity index (χ3n) is 5.66. The van der Waals surface area contributed by atoms with E-state index < -0.39 is 18.0 Å². The molecule has 1 heterocycles. The molecule has 0 radical (unpaired) electrons. The first-order chi connectivity index (χ1) is 19.5. The third kappa shape index (κ3) is 7.33. The summed E-state index contributed by atoms with van der Waals surface area (Å²) in [5, 5.41) is 11.9. The van der Waals surface area contributed by atoms with Crippen LogP contribution in [0.25, 0.3) is 17.1 Å². The fourth-order valence-corrected chi connectivity index (χ4v) is 3.70. The normalized spacial score (nSPS) is 11.9. The van der Waals surface area contributed by atoms with Crippen molar-refractivity contribution < 1.29 is 31.4 Å². The molecule has 0 bridgehead atoms. The Balaban J connectivity index is 1.34. The molecule has 0 aliphatic heterocycles. The van der Waals surface area contributed by atoms with E-state index in [-0.39, 0.29) is 0 Å². The van der Waals surface area contributed by atoms with Gasteiger partial charge in [-0.05, 0) is 72.2 Å². The van der Waals surface area contributed by atoms with E-state index in [2.05, 4.69) is 30.7 Å². The summed E-state index contributed by atoms with van der Waals surface area (Å²) in [6, 6.07) is 17.3. The summed E-state index contributed by atoms with van der Waals surface area (Å²) < 4.78 is 73.6. The number of thiocarbonyl (C=S) groups is 1. The van der Waals surface area contributed by atoms with Crippen LogP contribution in [0.1, 0.15) is 18.1 Å². The SMILES string of the molecule is CCc1cc(OC)ccc1NC(=S)N/N=C/c1ccc(-c2ncn(-c3ccc(OC(F)(F)C(F)(F)F)cc3)n2)cc1. The predicted octanol–water partition coefficient (Wildman–Crippen LogP) is 6.36. The average molecular weight is 591 g/mol. The van der Waals surface area contributed by atoms with Crippen LogP contribution in [0.2, 0.25) is 0 Å². The summed E-state index contributed by atoms with van der Waals surface area (Å²) in [5.41, 5.74) is 6.50. The minimum absolute atomic E-state index is 0.320. The van der Waals surface area contributed by atoms with Crippen LogP contribution in [0.3, 0.4) is 0 Å². The van der Waals surface area contributed by atoms with E-state index in [1.807, 2.05) is 25.1 Å². The Labute approximate surface area is 236 Å². The summed E-state index contributed by atoms with van der Waals surface area (Å²) in [7, 11) is 1.61. The van der Waals surface area contributed by atoms with Crippen molar-refractivity contribution in [3.05, 3.63) is 84.2 Å². The van der Waals surface area contributed by atoms with Crippen molar-refractivity contribution in [2.75, 3.05) is 12.4 Å². The van der Waals surface area contributed by atoms with Crippen LogP contribution < -0.4 is 20.2 Å². The number of methoxy groups -OCH3 is 1. The maximum absolute atomic E-state index is 13.1. The Morgan fingerprint density at radius 1 is 1.00 bits per heavy atom. The molecule has 0 fully saturated rings. The van der Waals surface area contributed by atoms with Gasteiger partial charge >= 0.3 is 12.3 Å². The van der Waals surface area contributed by atoms with E-state index in [1.165, 1.54) is 23.1 Å². The van der Waals surface area contributed by atoms with Gasteiger partial charge in [-0.15, -0.1) is 5.10 Å². The number of anilines is 1. The zero-order valence-corrected chi connectivity index (χ0v) is 22.4. The molecular formula is C27H23F5N6O2S. The lowest BCUT2D eigenvalue weighted by molar-refractivity contribution is -0.360. The Hall–Kier alpha value is -4.59. The second-order valence-corrected chi connectivity index (χ2v) is 8.85. The molecule has 2 N–H and O–H groups in total. The molecule has 0 aliphatic rings. The Bertz CT molecular complexity index is 1520. The number of hydrazone groups is 1. The van der Waals surface area contributed by atoms with Crippen LogP contribution in [0, 0.1) is 0 Å². The molecule has 4 rings (SSSR count). The first kappa shape index (κ1) is 29.4.